The highest BCUT2D eigenvalue weighted by atomic mass is 79.9. The fraction of sp³-hybridized carbons (Fsp3) is 0.111. The molecule has 0 atom stereocenters. The number of fused-ring (bicyclic) bond motifs is 1. The molecule has 0 spiro atoms. The molecule has 0 aliphatic rings. The van der Waals surface area contributed by atoms with E-state index in [0.29, 0.717) is 11.6 Å². The molecule has 0 bridgehead atoms. The van der Waals surface area contributed by atoms with Crippen molar-refractivity contribution in [1.29, 1.82) is 0 Å². The van der Waals surface area contributed by atoms with Crippen LogP contribution in [0.4, 0.5) is 5.82 Å². The van der Waals surface area contributed by atoms with Gasteiger partial charge in [-0.2, -0.15) is 4.37 Å². The molecule has 86 valence electrons. The number of aromatic nitrogens is 5. The second-order valence-electron chi connectivity index (χ2n) is 3.45. The number of anilines is 1. The van der Waals surface area contributed by atoms with Crippen LogP contribution in [0.5, 0.6) is 0 Å². The maximum Gasteiger partial charge on any atom is 0.167 e. The van der Waals surface area contributed by atoms with Crippen LogP contribution in [-0.4, -0.2) is 24.1 Å². The predicted octanol–water partition coefficient (Wildman–Crippen LogP) is 1.93. The number of nitrogen functional groups attached to an aromatic ring is 1. The first-order valence-electron chi connectivity index (χ1n) is 4.75. The van der Waals surface area contributed by atoms with Crippen LogP contribution < -0.4 is 5.73 Å². The van der Waals surface area contributed by atoms with Crippen molar-refractivity contribution in [2.24, 2.45) is 0 Å². The van der Waals surface area contributed by atoms with Gasteiger partial charge in [0.1, 0.15) is 11.2 Å². The van der Waals surface area contributed by atoms with Gasteiger partial charge in [0.25, 0.3) is 0 Å². The molecule has 0 aromatic carbocycles. The van der Waals surface area contributed by atoms with E-state index < -0.39 is 0 Å². The molecular formula is C9H7BrN6S. The Morgan fingerprint density at radius 1 is 1.41 bits per heavy atom. The Labute approximate surface area is 109 Å². The maximum absolute atomic E-state index is 5.70. The smallest absolute Gasteiger partial charge is 0.167 e. The third kappa shape index (κ3) is 1.60. The van der Waals surface area contributed by atoms with Crippen LogP contribution in [0, 0.1) is 6.92 Å². The molecule has 0 amide bonds. The third-order valence-corrected chi connectivity index (χ3v) is 3.79. The van der Waals surface area contributed by atoms with Crippen molar-refractivity contribution in [3.8, 4) is 5.82 Å². The first-order valence-corrected chi connectivity index (χ1v) is 6.31. The SMILES string of the molecule is Cc1nsc2ncnc(-n3cc(Br)c(N)n3)c12. The summed E-state index contributed by atoms with van der Waals surface area (Å²) in [5, 5.41) is 5.10. The summed E-state index contributed by atoms with van der Waals surface area (Å²) < 4.78 is 6.64. The van der Waals surface area contributed by atoms with Gasteiger partial charge < -0.3 is 5.73 Å². The summed E-state index contributed by atoms with van der Waals surface area (Å²) in [7, 11) is 0. The molecule has 8 heteroatoms. The summed E-state index contributed by atoms with van der Waals surface area (Å²) >= 11 is 4.67. The average molecular weight is 311 g/mol. The number of halogens is 1. The Morgan fingerprint density at radius 2 is 2.24 bits per heavy atom. The number of hydrogen-bond donors (Lipinski definition) is 1. The highest BCUT2D eigenvalue weighted by molar-refractivity contribution is 9.10. The summed E-state index contributed by atoms with van der Waals surface area (Å²) in [4.78, 5) is 9.27. The van der Waals surface area contributed by atoms with Crippen molar-refractivity contribution in [1.82, 2.24) is 24.1 Å². The monoisotopic (exact) mass is 310 g/mol. The van der Waals surface area contributed by atoms with Crippen molar-refractivity contribution < 1.29 is 0 Å². The van der Waals surface area contributed by atoms with Crippen molar-refractivity contribution >= 4 is 43.5 Å². The van der Waals surface area contributed by atoms with E-state index in [1.54, 1.807) is 10.9 Å². The second-order valence-corrected chi connectivity index (χ2v) is 5.06. The second kappa shape index (κ2) is 3.74. The average Bonchev–Trinajstić information content (AvgIpc) is 2.84. The van der Waals surface area contributed by atoms with Gasteiger partial charge in [0, 0.05) is 6.20 Å². The van der Waals surface area contributed by atoms with Gasteiger partial charge in [-0.15, -0.1) is 5.10 Å². The summed E-state index contributed by atoms with van der Waals surface area (Å²) in [6, 6.07) is 0. The zero-order valence-electron chi connectivity index (χ0n) is 8.75. The molecule has 0 aliphatic heterocycles. The first-order chi connectivity index (χ1) is 8.16. The number of rotatable bonds is 1. The minimum atomic E-state index is 0.428. The first kappa shape index (κ1) is 10.6. The van der Waals surface area contributed by atoms with Crippen LogP contribution in [0.3, 0.4) is 0 Å². The Balaban J connectivity index is 2.33. The zero-order valence-corrected chi connectivity index (χ0v) is 11.2. The van der Waals surface area contributed by atoms with E-state index in [4.69, 9.17) is 5.73 Å². The Morgan fingerprint density at radius 3 is 2.94 bits per heavy atom. The van der Waals surface area contributed by atoms with Crippen LogP contribution in [0.2, 0.25) is 0 Å². The van der Waals surface area contributed by atoms with E-state index in [0.717, 1.165) is 20.4 Å². The van der Waals surface area contributed by atoms with Crippen molar-refractivity contribution in [2.45, 2.75) is 6.92 Å². The third-order valence-electron chi connectivity index (χ3n) is 2.34. The molecule has 3 aromatic rings. The standard InChI is InChI=1S/C9H7BrN6S/c1-4-6-8(12-3-13-9(6)17-15-4)16-2-5(10)7(11)14-16/h2-3H,1H3,(H2,11,14). The lowest BCUT2D eigenvalue weighted by Crippen LogP contribution is -2.00. The molecule has 3 heterocycles. The predicted molar refractivity (Wildman–Crippen MR) is 69.2 cm³/mol. The molecular weight excluding hydrogens is 304 g/mol. The van der Waals surface area contributed by atoms with Gasteiger partial charge in [0.05, 0.1) is 15.6 Å². The minimum absolute atomic E-state index is 0.428. The van der Waals surface area contributed by atoms with Crippen molar-refractivity contribution in [3.63, 3.8) is 0 Å². The van der Waals surface area contributed by atoms with Gasteiger partial charge >= 0.3 is 0 Å². The Kier molecular flexibility index (Phi) is 2.33. The summed E-state index contributed by atoms with van der Waals surface area (Å²) in [5.74, 6) is 1.12. The largest absolute Gasteiger partial charge is 0.381 e. The lowest BCUT2D eigenvalue weighted by atomic mass is 10.3. The Bertz CT molecular complexity index is 683. The summed E-state index contributed by atoms with van der Waals surface area (Å²) in [6.07, 6.45) is 3.27. The van der Waals surface area contributed by atoms with Crippen LogP contribution in [0.15, 0.2) is 17.0 Å². The molecule has 6 nitrogen and oxygen atoms in total. The van der Waals surface area contributed by atoms with Crippen molar-refractivity contribution in [2.75, 3.05) is 5.73 Å². The number of nitrogens with zero attached hydrogens (tertiary/aromatic N) is 5. The van der Waals surface area contributed by atoms with E-state index in [2.05, 4.69) is 35.4 Å². The zero-order chi connectivity index (χ0) is 12.0. The maximum atomic E-state index is 5.70. The van der Waals surface area contributed by atoms with Crippen LogP contribution in [0.25, 0.3) is 16.0 Å². The molecule has 3 aromatic heterocycles. The highest BCUT2D eigenvalue weighted by Crippen LogP contribution is 2.26. The van der Waals surface area contributed by atoms with Gasteiger partial charge in [-0.1, -0.05) is 0 Å². The van der Waals surface area contributed by atoms with Gasteiger partial charge in [-0.25, -0.2) is 14.6 Å². The Hall–Kier alpha value is -1.54. The fourth-order valence-corrected chi connectivity index (χ4v) is 2.56. The molecule has 2 N–H and O–H groups in total. The van der Waals surface area contributed by atoms with Crippen LogP contribution >= 0.6 is 27.5 Å². The quantitative estimate of drug-likeness (QED) is 0.742. The lowest BCUT2D eigenvalue weighted by molar-refractivity contribution is 0.855. The molecule has 3 rings (SSSR count). The van der Waals surface area contributed by atoms with Crippen LogP contribution in [0.1, 0.15) is 5.69 Å². The lowest BCUT2D eigenvalue weighted by Gasteiger charge is -2.01. The number of nitrogens with two attached hydrogens (primary N) is 1. The molecule has 0 unspecified atom stereocenters. The summed E-state index contributed by atoms with van der Waals surface area (Å²) in [6.45, 7) is 1.92. The molecule has 0 saturated heterocycles. The van der Waals surface area contributed by atoms with Crippen molar-refractivity contribution in [3.05, 3.63) is 22.7 Å². The summed E-state index contributed by atoms with van der Waals surface area (Å²) in [5.41, 5.74) is 6.59. The van der Waals surface area contributed by atoms with E-state index >= 15 is 0 Å². The number of hydrogen-bond acceptors (Lipinski definition) is 6. The molecule has 0 aliphatic carbocycles. The normalized spacial score (nSPS) is 11.2. The molecule has 0 fully saturated rings. The van der Waals surface area contributed by atoms with Crippen LogP contribution in [-0.2, 0) is 0 Å². The fourth-order valence-electron chi connectivity index (χ4n) is 1.55. The van der Waals surface area contributed by atoms with E-state index in [1.807, 2.05) is 6.92 Å². The van der Waals surface area contributed by atoms with Gasteiger partial charge in [-0.3, -0.25) is 0 Å². The minimum Gasteiger partial charge on any atom is -0.381 e. The van der Waals surface area contributed by atoms with E-state index in [9.17, 15) is 0 Å². The number of aryl methyl sites for hydroxylation is 1. The van der Waals surface area contributed by atoms with Gasteiger partial charge in [-0.05, 0) is 34.4 Å². The van der Waals surface area contributed by atoms with E-state index in [-0.39, 0.29) is 0 Å². The molecule has 17 heavy (non-hydrogen) atoms. The highest BCUT2D eigenvalue weighted by Gasteiger charge is 2.13. The topological polar surface area (TPSA) is 82.5 Å². The van der Waals surface area contributed by atoms with E-state index in [1.165, 1.54) is 17.9 Å². The molecule has 0 radical (unpaired) electrons. The van der Waals surface area contributed by atoms with Gasteiger partial charge in [0.15, 0.2) is 11.6 Å². The van der Waals surface area contributed by atoms with Gasteiger partial charge in [0.2, 0.25) is 0 Å². The molecule has 0 saturated carbocycles.